The molecule has 1 atom stereocenters. The van der Waals surface area contributed by atoms with Gasteiger partial charge in [0.05, 0.1) is 30.7 Å². The zero-order valence-corrected chi connectivity index (χ0v) is 29.2. The molecule has 1 aromatic carbocycles. The molecular weight excluding hydrogens is 693 g/mol. The predicted octanol–water partition coefficient (Wildman–Crippen LogP) is 7.09. The number of benzene rings is 1. The van der Waals surface area contributed by atoms with Crippen molar-refractivity contribution in [2.75, 3.05) is 29.4 Å². The number of ether oxygens (including phenoxy) is 2. The van der Waals surface area contributed by atoms with Gasteiger partial charge in [-0.3, -0.25) is 0 Å². The van der Waals surface area contributed by atoms with Gasteiger partial charge in [0.15, 0.2) is 11.5 Å². The average Bonchev–Trinajstić information content (AvgIpc) is 3.62. The molecule has 0 unspecified atom stereocenters. The van der Waals surface area contributed by atoms with Gasteiger partial charge in [-0.1, -0.05) is 0 Å². The SMILES string of the molecule is Cc1nc2ccc(N(C(=O)OC(C)(C)C)c3c4c(nc5c(I)cnn35)N([C@H]3CCCN(C(=O)OC(C)(C)C)C3)CC4)cc2s1. The molecule has 3 aromatic heterocycles. The summed E-state index contributed by atoms with van der Waals surface area (Å²) in [6, 6.07) is 5.90. The van der Waals surface area contributed by atoms with Crippen molar-refractivity contribution in [1.29, 1.82) is 0 Å². The number of hydrogen-bond acceptors (Lipinski definition) is 9. The number of fused-ring (bicyclic) bond motifs is 3. The van der Waals surface area contributed by atoms with Crippen LogP contribution in [0.25, 0.3) is 15.9 Å². The van der Waals surface area contributed by atoms with E-state index in [0.717, 1.165) is 43.0 Å². The van der Waals surface area contributed by atoms with E-state index in [1.165, 1.54) is 0 Å². The smallest absolute Gasteiger partial charge is 0.420 e. The van der Waals surface area contributed by atoms with Crippen LogP contribution in [0.4, 0.5) is 26.9 Å². The van der Waals surface area contributed by atoms with Crippen LogP contribution in [0.2, 0.25) is 0 Å². The molecule has 13 heteroatoms. The minimum Gasteiger partial charge on any atom is -0.444 e. The van der Waals surface area contributed by atoms with Gasteiger partial charge < -0.3 is 19.3 Å². The van der Waals surface area contributed by atoms with Crippen molar-refractivity contribution in [2.45, 2.75) is 85.0 Å². The molecule has 11 nitrogen and oxygen atoms in total. The first-order valence-corrected chi connectivity index (χ1v) is 16.8. The van der Waals surface area contributed by atoms with Crippen LogP contribution in [0, 0.1) is 10.5 Å². The first kappa shape index (κ1) is 30.8. The molecule has 44 heavy (non-hydrogen) atoms. The van der Waals surface area contributed by atoms with Crippen LogP contribution in [-0.4, -0.2) is 73.5 Å². The number of anilines is 3. The summed E-state index contributed by atoms with van der Waals surface area (Å²) in [7, 11) is 0. The van der Waals surface area contributed by atoms with Crippen molar-refractivity contribution < 1.29 is 19.1 Å². The van der Waals surface area contributed by atoms with Gasteiger partial charge in [-0.25, -0.2) is 24.5 Å². The van der Waals surface area contributed by atoms with Crippen LogP contribution in [0.1, 0.15) is 65.0 Å². The lowest BCUT2D eigenvalue weighted by atomic mass is 10.0. The standard InChI is InChI=1S/C31H38IN7O4S/c1-18-34-23-11-10-19(15-24(23)44-18)38(29(41)43-31(5,6)7)27-21-12-14-37(25(21)35-26-22(32)16-33-39(26)27)20-9-8-13-36(17-20)28(40)42-30(2,3)4/h10-11,15-16,20H,8-9,12-14,17H2,1-7H3/t20-/m0/s1. The lowest BCUT2D eigenvalue weighted by Crippen LogP contribution is -2.50. The van der Waals surface area contributed by atoms with E-state index in [1.54, 1.807) is 31.8 Å². The molecule has 0 saturated carbocycles. The molecule has 0 bridgehead atoms. The van der Waals surface area contributed by atoms with Crippen molar-refractivity contribution in [1.82, 2.24) is 24.5 Å². The van der Waals surface area contributed by atoms with Gasteiger partial charge in [-0.2, -0.15) is 9.61 Å². The molecule has 6 rings (SSSR count). The number of likely N-dealkylation sites (tertiary alicyclic amines) is 1. The molecule has 234 valence electrons. The summed E-state index contributed by atoms with van der Waals surface area (Å²) in [6.45, 7) is 15.1. The van der Waals surface area contributed by atoms with Crippen molar-refractivity contribution in [3.05, 3.63) is 38.5 Å². The maximum Gasteiger partial charge on any atom is 0.420 e. The third-order valence-corrected chi connectivity index (χ3v) is 9.24. The van der Waals surface area contributed by atoms with E-state index in [4.69, 9.17) is 19.6 Å². The van der Waals surface area contributed by atoms with Gasteiger partial charge in [0, 0.05) is 31.2 Å². The Kier molecular flexibility index (Phi) is 7.92. The van der Waals surface area contributed by atoms with Gasteiger partial charge in [-0.15, -0.1) is 11.3 Å². The minimum absolute atomic E-state index is 0.0624. The second-order valence-corrected chi connectivity index (χ2v) is 15.7. The summed E-state index contributed by atoms with van der Waals surface area (Å²) in [5.74, 6) is 1.43. The summed E-state index contributed by atoms with van der Waals surface area (Å²) in [6.07, 6.45) is 3.43. The Bertz CT molecular complexity index is 1760. The van der Waals surface area contributed by atoms with Crippen LogP contribution in [-0.2, 0) is 15.9 Å². The normalized spacial score (nSPS) is 17.3. The van der Waals surface area contributed by atoms with E-state index in [2.05, 4.69) is 32.5 Å². The molecule has 0 N–H and O–H groups in total. The monoisotopic (exact) mass is 731 g/mol. The Morgan fingerprint density at radius 1 is 1.07 bits per heavy atom. The van der Waals surface area contributed by atoms with E-state index in [9.17, 15) is 9.59 Å². The molecule has 0 radical (unpaired) electrons. The molecular formula is C31H38IN7O4S. The van der Waals surface area contributed by atoms with E-state index in [0.29, 0.717) is 43.2 Å². The zero-order chi connectivity index (χ0) is 31.6. The van der Waals surface area contributed by atoms with Gasteiger partial charge in [0.1, 0.15) is 17.0 Å². The topological polar surface area (TPSA) is 105 Å². The Morgan fingerprint density at radius 2 is 1.82 bits per heavy atom. The van der Waals surface area contributed by atoms with Gasteiger partial charge in [0.25, 0.3) is 0 Å². The maximum absolute atomic E-state index is 14.1. The Morgan fingerprint density at radius 3 is 2.55 bits per heavy atom. The third-order valence-electron chi connectivity index (χ3n) is 7.54. The number of nitrogens with zero attached hydrogens (tertiary/aromatic N) is 7. The summed E-state index contributed by atoms with van der Waals surface area (Å²) in [4.78, 5) is 42.6. The molecule has 2 aliphatic heterocycles. The number of amides is 2. The zero-order valence-electron chi connectivity index (χ0n) is 26.2. The van der Waals surface area contributed by atoms with Gasteiger partial charge in [0.2, 0.25) is 0 Å². The molecule has 4 aromatic rings. The van der Waals surface area contributed by atoms with Crippen molar-refractivity contribution in [3.63, 3.8) is 0 Å². The molecule has 0 aliphatic carbocycles. The number of aromatic nitrogens is 4. The summed E-state index contributed by atoms with van der Waals surface area (Å²) in [5.41, 5.74) is 1.86. The number of aryl methyl sites for hydroxylation is 1. The number of carbonyl (C=O) groups is 2. The van der Waals surface area contributed by atoms with Gasteiger partial charge >= 0.3 is 12.2 Å². The lowest BCUT2D eigenvalue weighted by Gasteiger charge is -2.39. The summed E-state index contributed by atoms with van der Waals surface area (Å²) >= 11 is 3.82. The predicted molar refractivity (Wildman–Crippen MR) is 180 cm³/mol. The molecule has 1 fully saturated rings. The largest absolute Gasteiger partial charge is 0.444 e. The molecule has 2 aliphatic rings. The molecule has 0 spiro atoms. The highest BCUT2D eigenvalue weighted by Crippen LogP contribution is 2.42. The number of piperidine rings is 1. The van der Waals surface area contributed by atoms with Crippen LogP contribution in [0.5, 0.6) is 0 Å². The fourth-order valence-corrected chi connectivity index (χ4v) is 7.18. The lowest BCUT2D eigenvalue weighted by molar-refractivity contribution is 0.0198. The molecule has 5 heterocycles. The van der Waals surface area contributed by atoms with E-state index in [1.807, 2.05) is 66.7 Å². The van der Waals surface area contributed by atoms with Crippen LogP contribution < -0.4 is 9.80 Å². The number of carbonyl (C=O) groups excluding carboxylic acids is 2. The van der Waals surface area contributed by atoms with E-state index in [-0.39, 0.29) is 12.1 Å². The van der Waals surface area contributed by atoms with Crippen LogP contribution >= 0.6 is 33.9 Å². The van der Waals surface area contributed by atoms with E-state index < -0.39 is 17.3 Å². The average molecular weight is 732 g/mol. The third kappa shape index (κ3) is 6.04. The second-order valence-electron chi connectivity index (χ2n) is 13.3. The quantitative estimate of drug-likeness (QED) is 0.206. The highest BCUT2D eigenvalue weighted by Gasteiger charge is 2.39. The van der Waals surface area contributed by atoms with Crippen molar-refractivity contribution in [2.24, 2.45) is 0 Å². The van der Waals surface area contributed by atoms with Gasteiger partial charge in [-0.05, 0) is 109 Å². The molecule has 2 amide bonds. The number of hydrogen-bond donors (Lipinski definition) is 0. The van der Waals surface area contributed by atoms with Crippen molar-refractivity contribution >= 4 is 79.3 Å². The van der Waals surface area contributed by atoms with Crippen LogP contribution in [0.15, 0.2) is 24.4 Å². The minimum atomic E-state index is -0.715. The summed E-state index contributed by atoms with van der Waals surface area (Å²) < 4.78 is 15.3. The Balaban J connectivity index is 1.46. The molecule has 1 saturated heterocycles. The highest BCUT2D eigenvalue weighted by molar-refractivity contribution is 14.1. The van der Waals surface area contributed by atoms with E-state index >= 15 is 0 Å². The first-order valence-electron chi connectivity index (χ1n) is 14.9. The van der Waals surface area contributed by atoms with Crippen LogP contribution in [0.3, 0.4) is 0 Å². The van der Waals surface area contributed by atoms with Crippen molar-refractivity contribution in [3.8, 4) is 0 Å². The maximum atomic E-state index is 14.1. The fraction of sp³-hybridized carbons (Fsp3) is 0.516. The number of halogens is 1. The first-order chi connectivity index (χ1) is 20.7. The number of rotatable bonds is 3. The Hall–Kier alpha value is -3.20. The summed E-state index contributed by atoms with van der Waals surface area (Å²) in [5, 5.41) is 5.65. The Labute approximate surface area is 274 Å². The fourth-order valence-electron chi connectivity index (χ4n) is 5.85. The number of thiazole rings is 1. The highest BCUT2D eigenvalue weighted by atomic mass is 127. The second kappa shape index (κ2) is 11.3.